The first kappa shape index (κ1) is 52.4. The Labute approximate surface area is 336 Å². The van der Waals surface area contributed by atoms with Crippen LogP contribution in [0.2, 0.25) is 0 Å². The van der Waals surface area contributed by atoms with Gasteiger partial charge >= 0.3 is 17.9 Å². The van der Waals surface area contributed by atoms with Crippen LogP contribution in [-0.2, 0) is 28.6 Å². The molecule has 1 atom stereocenters. The second kappa shape index (κ2) is 41.1. The van der Waals surface area contributed by atoms with E-state index in [2.05, 4.69) is 34.6 Å². The molecule has 0 aromatic carbocycles. The van der Waals surface area contributed by atoms with E-state index in [1.54, 1.807) is 0 Å². The van der Waals surface area contributed by atoms with E-state index in [0.29, 0.717) is 19.3 Å². The molecule has 0 aliphatic carbocycles. The second-order valence-electron chi connectivity index (χ2n) is 17.3. The lowest BCUT2D eigenvalue weighted by Gasteiger charge is -2.18. The summed E-state index contributed by atoms with van der Waals surface area (Å²) in [6, 6.07) is 0. The topological polar surface area (TPSA) is 78.9 Å². The van der Waals surface area contributed by atoms with Gasteiger partial charge in [0.15, 0.2) is 6.10 Å². The highest BCUT2D eigenvalue weighted by atomic mass is 16.6. The lowest BCUT2D eigenvalue weighted by atomic mass is 10.0. The van der Waals surface area contributed by atoms with Gasteiger partial charge in [-0.15, -0.1) is 0 Å². The Hall–Kier alpha value is -1.59. The molecule has 0 amide bonds. The predicted octanol–water partition coefficient (Wildman–Crippen LogP) is 15.0. The van der Waals surface area contributed by atoms with Crippen LogP contribution in [0.25, 0.3) is 0 Å². The number of carbonyl (C=O) groups is 3. The molecule has 0 saturated carbocycles. The molecular formula is C48H92O6. The highest BCUT2D eigenvalue weighted by Crippen LogP contribution is 2.17. The first-order valence-electron chi connectivity index (χ1n) is 23.7. The average molecular weight is 765 g/mol. The Morgan fingerprint density at radius 2 is 0.611 bits per heavy atom. The fourth-order valence-corrected chi connectivity index (χ4v) is 7.11. The van der Waals surface area contributed by atoms with Crippen molar-refractivity contribution in [2.75, 3.05) is 13.2 Å². The molecule has 0 heterocycles. The van der Waals surface area contributed by atoms with Gasteiger partial charge in [0.05, 0.1) is 0 Å². The molecule has 6 heteroatoms. The van der Waals surface area contributed by atoms with Crippen molar-refractivity contribution in [1.82, 2.24) is 0 Å². The monoisotopic (exact) mass is 765 g/mol. The van der Waals surface area contributed by atoms with Crippen LogP contribution in [0.15, 0.2) is 0 Å². The minimum Gasteiger partial charge on any atom is -0.462 e. The maximum Gasteiger partial charge on any atom is 0.306 e. The molecule has 0 spiro atoms. The number of carbonyl (C=O) groups excluding carboxylic acids is 3. The van der Waals surface area contributed by atoms with Gasteiger partial charge in [-0.1, -0.05) is 221 Å². The van der Waals surface area contributed by atoms with Crippen LogP contribution in [0.3, 0.4) is 0 Å². The quantitative estimate of drug-likeness (QED) is 0.0350. The van der Waals surface area contributed by atoms with Crippen molar-refractivity contribution in [2.45, 2.75) is 265 Å². The van der Waals surface area contributed by atoms with Gasteiger partial charge in [-0.25, -0.2) is 0 Å². The molecular weight excluding hydrogens is 673 g/mol. The fourth-order valence-electron chi connectivity index (χ4n) is 7.11. The molecule has 6 nitrogen and oxygen atoms in total. The summed E-state index contributed by atoms with van der Waals surface area (Å²) in [5.74, 6) is 0.763. The minimum atomic E-state index is -0.760. The maximum atomic E-state index is 12.7. The third-order valence-corrected chi connectivity index (χ3v) is 10.7. The largest absolute Gasteiger partial charge is 0.462 e. The number of rotatable bonds is 42. The van der Waals surface area contributed by atoms with Crippen LogP contribution >= 0.6 is 0 Å². The Bertz CT molecular complexity index is 824. The predicted molar refractivity (Wildman–Crippen MR) is 229 cm³/mol. The molecule has 0 N–H and O–H groups in total. The van der Waals surface area contributed by atoms with Crippen molar-refractivity contribution < 1.29 is 28.6 Å². The molecule has 0 rings (SSSR count). The van der Waals surface area contributed by atoms with Crippen molar-refractivity contribution in [2.24, 2.45) is 11.8 Å². The van der Waals surface area contributed by atoms with Gasteiger partial charge in [0.2, 0.25) is 0 Å². The number of hydrogen-bond acceptors (Lipinski definition) is 6. The molecule has 0 aliphatic rings. The summed E-state index contributed by atoms with van der Waals surface area (Å²) in [5, 5.41) is 0. The molecule has 0 aliphatic heterocycles. The Morgan fingerprint density at radius 1 is 0.352 bits per heavy atom. The average Bonchev–Trinajstić information content (AvgIpc) is 3.14. The SMILES string of the molecule is CCCCCCCCCCCCC(=O)O[C@@H](COC(=O)CCCCCCCCCCCCCCCC(C)C)COC(=O)CCCCCCCCCC(C)C. The van der Waals surface area contributed by atoms with E-state index < -0.39 is 6.10 Å². The normalized spacial score (nSPS) is 12.1. The molecule has 0 fully saturated rings. The molecule has 0 radical (unpaired) electrons. The molecule has 54 heavy (non-hydrogen) atoms. The van der Waals surface area contributed by atoms with Gasteiger partial charge in [-0.2, -0.15) is 0 Å². The van der Waals surface area contributed by atoms with Gasteiger partial charge in [-0.3, -0.25) is 14.4 Å². The Morgan fingerprint density at radius 3 is 0.907 bits per heavy atom. The van der Waals surface area contributed by atoms with Crippen molar-refractivity contribution >= 4 is 17.9 Å². The van der Waals surface area contributed by atoms with Gasteiger partial charge in [-0.05, 0) is 31.1 Å². The van der Waals surface area contributed by atoms with Crippen LogP contribution in [0.5, 0.6) is 0 Å². The zero-order valence-corrected chi connectivity index (χ0v) is 36.8. The van der Waals surface area contributed by atoms with E-state index in [1.807, 2.05) is 0 Å². The molecule has 320 valence electrons. The van der Waals surface area contributed by atoms with Crippen LogP contribution in [0.1, 0.15) is 259 Å². The first-order valence-corrected chi connectivity index (χ1v) is 23.7. The lowest BCUT2D eigenvalue weighted by molar-refractivity contribution is -0.167. The van der Waals surface area contributed by atoms with Crippen molar-refractivity contribution in [3.63, 3.8) is 0 Å². The van der Waals surface area contributed by atoms with E-state index in [-0.39, 0.29) is 31.1 Å². The number of unbranched alkanes of at least 4 members (excludes halogenated alkanes) is 27. The molecule has 0 aromatic rings. The zero-order chi connectivity index (χ0) is 39.7. The Kier molecular flexibility index (Phi) is 39.8. The summed E-state index contributed by atoms with van der Waals surface area (Å²) in [4.78, 5) is 37.7. The summed E-state index contributed by atoms with van der Waals surface area (Å²) in [6.07, 6.45) is 39.5. The highest BCUT2D eigenvalue weighted by molar-refractivity contribution is 5.71. The summed E-state index contributed by atoms with van der Waals surface area (Å²) in [7, 11) is 0. The third kappa shape index (κ3) is 41.6. The van der Waals surface area contributed by atoms with E-state index in [4.69, 9.17) is 14.2 Å². The smallest absolute Gasteiger partial charge is 0.306 e. The maximum absolute atomic E-state index is 12.7. The van der Waals surface area contributed by atoms with Gasteiger partial charge < -0.3 is 14.2 Å². The third-order valence-electron chi connectivity index (χ3n) is 10.7. The summed E-state index contributed by atoms with van der Waals surface area (Å²) in [6.45, 7) is 11.3. The molecule has 0 bridgehead atoms. The zero-order valence-electron chi connectivity index (χ0n) is 36.8. The van der Waals surface area contributed by atoms with Crippen molar-refractivity contribution in [1.29, 1.82) is 0 Å². The van der Waals surface area contributed by atoms with Crippen LogP contribution < -0.4 is 0 Å². The standard InChI is InChI=1S/C48H92O6/c1-6-7-8-9-10-11-18-24-30-35-40-48(51)54-45(42-53-47(50)39-34-29-25-20-22-27-32-37-44(4)5)41-52-46(49)38-33-28-23-19-16-14-12-13-15-17-21-26-31-36-43(2)3/h43-45H,6-42H2,1-5H3/t45-/m0/s1. The summed E-state index contributed by atoms with van der Waals surface area (Å²) < 4.78 is 16.7. The second-order valence-corrected chi connectivity index (χ2v) is 17.3. The van der Waals surface area contributed by atoms with E-state index >= 15 is 0 Å². The van der Waals surface area contributed by atoms with Gasteiger partial charge in [0, 0.05) is 19.3 Å². The Balaban J connectivity index is 4.27. The van der Waals surface area contributed by atoms with Gasteiger partial charge in [0.25, 0.3) is 0 Å². The molecule has 0 unspecified atom stereocenters. The van der Waals surface area contributed by atoms with Gasteiger partial charge in [0.1, 0.15) is 13.2 Å². The highest BCUT2D eigenvalue weighted by Gasteiger charge is 2.19. The summed E-state index contributed by atoms with van der Waals surface area (Å²) >= 11 is 0. The fraction of sp³-hybridized carbons (Fsp3) is 0.938. The van der Waals surface area contributed by atoms with E-state index in [9.17, 15) is 14.4 Å². The van der Waals surface area contributed by atoms with Crippen LogP contribution in [-0.4, -0.2) is 37.2 Å². The van der Waals surface area contributed by atoms with Crippen LogP contribution in [0.4, 0.5) is 0 Å². The minimum absolute atomic E-state index is 0.0648. The van der Waals surface area contributed by atoms with Crippen molar-refractivity contribution in [3.8, 4) is 0 Å². The summed E-state index contributed by atoms with van der Waals surface area (Å²) in [5.41, 5.74) is 0. The lowest BCUT2D eigenvalue weighted by Crippen LogP contribution is -2.30. The number of esters is 3. The van der Waals surface area contributed by atoms with E-state index in [0.717, 1.165) is 69.6 Å². The van der Waals surface area contributed by atoms with E-state index in [1.165, 1.54) is 148 Å². The number of ether oxygens (including phenoxy) is 3. The number of hydrogen-bond donors (Lipinski definition) is 0. The first-order chi connectivity index (χ1) is 26.2. The molecule has 0 aromatic heterocycles. The molecule has 0 saturated heterocycles. The van der Waals surface area contributed by atoms with Crippen LogP contribution in [0, 0.1) is 11.8 Å². The van der Waals surface area contributed by atoms with Crippen molar-refractivity contribution in [3.05, 3.63) is 0 Å².